The van der Waals surface area contributed by atoms with Gasteiger partial charge in [0.1, 0.15) is 0 Å². The molecule has 1 N–H and O–H groups in total. The largest absolute Gasteiger partial charge is 0.339 e. The Morgan fingerprint density at radius 3 is 2.63 bits per heavy atom. The van der Waals surface area contributed by atoms with Crippen molar-refractivity contribution in [1.29, 1.82) is 0 Å². The van der Waals surface area contributed by atoms with Crippen LogP contribution >= 0.6 is 0 Å². The Hall–Kier alpha value is -0.610. The fourth-order valence-electron chi connectivity index (χ4n) is 3.93. The van der Waals surface area contributed by atoms with Crippen molar-refractivity contribution in [3.05, 3.63) is 0 Å². The van der Waals surface area contributed by atoms with Crippen LogP contribution in [0.15, 0.2) is 0 Å². The third-order valence-electron chi connectivity index (χ3n) is 5.20. The molecule has 0 saturated carbocycles. The lowest BCUT2D eigenvalue weighted by Gasteiger charge is -2.33. The minimum Gasteiger partial charge on any atom is -0.339 e. The van der Waals surface area contributed by atoms with Gasteiger partial charge in [0.15, 0.2) is 0 Å². The number of carbonyl (C=O) groups is 1. The number of likely N-dealkylation sites (tertiary alicyclic amines) is 2. The maximum atomic E-state index is 12.6. The molecule has 0 spiro atoms. The highest BCUT2D eigenvalue weighted by atomic mass is 16.2. The average molecular weight is 265 g/mol. The van der Waals surface area contributed by atoms with Gasteiger partial charge in [-0.05, 0) is 58.7 Å². The van der Waals surface area contributed by atoms with E-state index < -0.39 is 0 Å². The lowest BCUT2D eigenvalue weighted by atomic mass is 9.98. The van der Waals surface area contributed by atoms with Crippen molar-refractivity contribution < 1.29 is 4.79 Å². The zero-order chi connectivity index (χ0) is 13.3. The summed E-state index contributed by atoms with van der Waals surface area (Å²) in [5.74, 6) is 0.338. The normalized spacial score (nSPS) is 36.9. The van der Waals surface area contributed by atoms with Crippen molar-refractivity contribution in [3.63, 3.8) is 0 Å². The van der Waals surface area contributed by atoms with E-state index >= 15 is 0 Å². The van der Waals surface area contributed by atoms with Gasteiger partial charge < -0.3 is 10.2 Å². The molecule has 0 aromatic rings. The minimum atomic E-state index is -0.281. The summed E-state index contributed by atoms with van der Waals surface area (Å²) in [4.78, 5) is 17.4. The second-order valence-electron chi connectivity index (χ2n) is 6.65. The van der Waals surface area contributed by atoms with E-state index in [9.17, 15) is 4.79 Å². The van der Waals surface area contributed by atoms with Gasteiger partial charge in [-0.1, -0.05) is 6.42 Å². The Morgan fingerprint density at radius 2 is 1.95 bits per heavy atom. The van der Waals surface area contributed by atoms with Crippen molar-refractivity contribution in [3.8, 4) is 0 Å². The smallest absolute Gasteiger partial charge is 0.242 e. The second-order valence-corrected chi connectivity index (χ2v) is 6.65. The van der Waals surface area contributed by atoms with Gasteiger partial charge in [0.25, 0.3) is 0 Å². The van der Waals surface area contributed by atoms with Gasteiger partial charge >= 0.3 is 0 Å². The summed E-state index contributed by atoms with van der Waals surface area (Å²) in [6, 6.07) is 0.620. The Bertz CT molecular complexity index is 332. The molecule has 1 amide bonds. The van der Waals surface area contributed by atoms with Crippen molar-refractivity contribution >= 4 is 5.91 Å². The zero-order valence-electron chi connectivity index (χ0n) is 12.2. The summed E-state index contributed by atoms with van der Waals surface area (Å²) < 4.78 is 0. The van der Waals surface area contributed by atoms with Crippen LogP contribution in [0, 0.1) is 0 Å². The molecule has 2 unspecified atom stereocenters. The fourth-order valence-corrected chi connectivity index (χ4v) is 3.93. The van der Waals surface area contributed by atoms with Gasteiger partial charge in [-0.3, -0.25) is 9.69 Å². The summed E-state index contributed by atoms with van der Waals surface area (Å²) in [5, 5.41) is 3.40. The van der Waals surface area contributed by atoms with Crippen LogP contribution in [0.1, 0.15) is 45.4 Å². The molecule has 0 bridgehead atoms. The SMILES string of the molecule is CC1(C(=O)N2CCC(N3CCCCC3)C2)CCCN1. The fraction of sp³-hybridized carbons (Fsp3) is 0.933. The van der Waals surface area contributed by atoms with Crippen LogP contribution in [-0.2, 0) is 4.79 Å². The topological polar surface area (TPSA) is 35.6 Å². The van der Waals surface area contributed by atoms with E-state index in [-0.39, 0.29) is 5.54 Å². The summed E-state index contributed by atoms with van der Waals surface area (Å²) in [7, 11) is 0. The average Bonchev–Trinajstić information content (AvgIpc) is 3.09. The number of rotatable bonds is 2. The molecular weight excluding hydrogens is 238 g/mol. The quantitative estimate of drug-likeness (QED) is 0.815. The van der Waals surface area contributed by atoms with Crippen molar-refractivity contribution in [1.82, 2.24) is 15.1 Å². The molecule has 4 nitrogen and oxygen atoms in total. The molecule has 0 aliphatic carbocycles. The maximum Gasteiger partial charge on any atom is 0.242 e. The Balaban J connectivity index is 1.57. The van der Waals surface area contributed by atoms with Crippen LogP contribution < -0.4 is 5.32 Å². The van der Waals surface area contributed by atoms with E-state index in [1.807, 2.05) is 0 Å². The Morgan fingerprint density at radius 1 is 1.16 bits per heavy atom. The summed E-state index contributed by atoms with van der Waals surface area (Å²) in [6.45, 7) is 7.46. The maximum absolute atomic E-state index is 12.6. The lowest BCUT2D eigenvalue weighted by Crippen LogP contribution is -2.53. The van der Waals surface area contributed by atoms with E-state index in [4.69, 9.17) is 0 Å². The molecule has 4 heteroatoms. The van der Waals surface area contributed by atoms with Crippen LogP contribution in [0.5, 0.6) is 0 Å². The Kier molecular flexibility index (Phi) is 3.81. The van der Waals surface area contributed by atoms with E-state index in [0.717, 1.165) is 32.5 Å². The molecular formula is C15H27N3O. The number of amides is 1. The highest BCUT2D eigenvalue weighted by Gasteiger charge is 2.41. The van der Waals surface area contributed by atoms with Crippen molar-refractivity contribution in [2.24, 2.45) is 0 Å². The summed E-state index contributed by atoms with van der Waals surface area (Å²) in [5.41, 5.74) is -0.281. The molecule has 3 heterocycles. The predicted molar refractivity (Wildman–Crippen MR) is 76.1 cm³/mol. The molecule has 3 saturated heterocycles. The minimum absolute atomic E-state index is 0.281. The first-order valence-electron chi connectivity index (χ1n) is 7.97. The van der Waals surface area contributed by atoms with Gasteiger partial charge in [0, 0.05) is 19.1 Å². The summed E-state index contributed by atoms with van der Waals surface area (Å²) >= 11 is 0. The highest BCUT2D eigenvalue weighted by Crippen LogP contribution is 2.26. The van der Waals surface area contributed by atoms with Gasteiger partial charge in [0.2, 0.25) is 5.91 Å². The molecule has 3 rings (SSSR count). The van der Waals surface area contributed by atoms with Gasteiger partial charge in [-0.25, -0.2) is 0 Å². The number of piperidine rings is 1. The first kappa shape index (κ1) is 13.4. The monoisotopic (exact) mass is 265 g/mol. The number of hydrogen-bond donors (Lipinski definition) is 1. The molecule has 3 aliphatic rings. The van der Waals surface area contributed by atoms with Gasteiger partial charge in [0.05, 0.1) is 5.54 Å². The molecule has 108 valence electrons. The van der Waals surface area contributed by atoms with E-state index in [2.05, 4.69) is 22.0 Å². The molecule has 3 aliphatic heterocycles. The number of nitrogens with zero attached hydrogens (tertiary/aromatic N) is 2. The molecule has 0 radical (unpaired) electrons. The van der Waals surface area contributed by atoms with Crippen LogP contribution in [0.2, 0.25) is 0 Å². The van der Waals surface area contributed by atoms with Crippen LogP contribution in [0.4, 0.5) is 0 Å². The number of hydrogen-bond acceptors (Lipinski definition) is 3. The second kappa shape index (κ2) is 5.41. The molecule has 0 aromatic carbocycles. The van der Waals surface area contributed by atoms with E-state index in [0.29, 0.717) is 11.9 Å². The zero-order valence-corrected chi connectivity index (χ0v) is 12.2. The van der Waals surface area contributed by atoms with Crippen LogP contribution in [0.25, 0.3) is 0 Å². The molecule has 3 fully saturated rings. The van der Waals surface area contributed by atoms with Crippen molar-refractivity contribution in [2.75, 3.05) is 32.7 Å². The molecule has 0 aromatic heterocycles. The van der Waals surface area contributed by atoms with Crippen LogP contribution in [-0.4, -0.2) is 60.0 Å². The third kappa shape index (κ3) is 2.65. The predicted octanol–water partition coefficient (Wildman–Crippen LogP) is 1.22. The highest BCUT2D eigenvalue weighted by molar-refractivity contribution is 5.86. The summed E-state index contributed by atoms with van der Waals surface area (Å²) in [6.07, 6.45) is 7.35. The number of carbonyl (C=O) groups excluding carboxylic acids is 1. The third-order valence-corrected chi connectivity index (χ3v) is 5.20. The molecule has 2 atom stereocenters. The van der Waals surface area contributed by atoms with Crippen LogP contribution in [0.3, 0.4) is 0 Å². The molecule has 19 heavy (non-hydrogen) atoms. The van der Waals surface area contributed by atoms with Gasteiger partial charge in [-0.2, -0.15) is 0 Å². The first-order chi connectivity index (χ1) is 9.19. The van der Waals surface area contributed by atoms with Gasteiger partial charge in [-0.15, -0.1) is 0 Å². The first-order valence-corrected chi connectivity index (χ1v) is 7.97. The van der Waals surface area contributed by atoms with Crippen molar-refractivity contribution in [2.45, 2.75) is 57.0 Å². The lowest BCUT2D eigenvalue weighted by molar-refractivity contribution is -0.136. The standard InChI is InChI=1S/C15H27N3O/c1-15(7-5-8-16-15)14(19)18-11-6-13(12-18)17-9-3-2-4-10-17/h13,16H,2-12H2,1H3. The van der Waals surface area contributed by atoms with E-state index in [1.54, 1.807) is 0 Å². The Labute approximate surface area is 116 Å². The van der Waals surface area contributed by atoms with E-state index in [1.165, 1.54) is 38.8 Å². The number of nitrogens with one attached hydrogen (secondary N) is 1.